The van der Waals surface area contributed by atoms with Crippen LogP contribution in [-0.2, 0) is 12.0 Å². The normalized spacial score (nSPS) is 11.9. The smallest absolute Gasteiger partial charge is 0.282 e. The van der Waals surface area contributed by atoms with E-state index in [9.17, 15) is 4.79 Å². The molecule has 0 radical (unpaired) electrons. The minimum Gasteiger partial charge on any atom is -0.488 e. The molecule has 0 aliphatic rings. The average Bonchev–Trinajstić information content (AvgIpc) is 2.77. The lowest BCUT2D eigenvalue weighted by Crippen LogP contribution is -2.29. The van der Waals surface area contributed by atoms with Crippen LogP contribution in [0.3, 0.4) is 0 Å². The third-order valence-corrected chi connectivity index (χ3v) is 5.68. The maximum Gasteiger partial charge on any atom is 0.282 e. The van der Waals surface area contributed by atoms with Crippen molar-refractivity contribution >= 4 is 33.0 Å². The Balaban J connectivity index is 1.73. The summed E-state index contributed by atoms with van der Waals surface area (Å²) in [6.07, 6.45) is 1.66. The van der Waals surface area contributed by atoms with Crippen LogP contribution >= 0.6 is 15.9 Å². The van der Waals surface area contributed by atoms with E-state index >= 15 is 0 Å². The van der Waals surface area contributed by atoms with Crippen LogP contribution < -0.4 is 10.3 Å². The Morgan fingerprint density at radius 3 is 2.61 bits per heavy atom. The zero-order valence-electron chi connectivity index (χ0n) is 19.2. The fourth-order valence-electron chi connectivity index (χ4n) is 3.54. The topological polar surface area (TPSA) is 56.5 Å². The second kappa shape index (κ2) is 9.32. The van der Waals surface area contributed by atoms with Crippen molar-refractivity contribution in [3.05, 3.63) is 104 Å². The third-order valence-electron chi connectivity index (χ3n) is 5.19. The number of rotatable bonds is 5. The van der Waals surface area contributed by atoms with Gasteiger partial charge in [0.25, 0.3) is 5.56 Å². The standard InChI is InChI=1S/C27H26BrN3O2/c1-18-8-7-9-19(14-18)17-33-24-11-6-5-10-20(24)16-29-31-25(32)22-15-21(28)12-13-23(22)30-26(31)27(2,3)4/h5-16H,17H2,1-4H3. The lowest BCUT2D eigenvalue weighted by molar-refractivity contribution is 0.305. The molecular weight excluding hydrogens is 478 g/mol. The van der Waals surface area contributed by atoms with Gasteiger partial charge < -0.3 is 4.74 Å². The van der Waals surface area contributed by atoms with E-state index in [-0.39, 0.29) is 11.0 Å². The lowest BCUT2D eigenvalue weighted by Gasteiger charge is -2.21. The van der Waals surface area contributed by atoms with Crippen LogP contribution in [-0.4, -0.2) is 15.9 Å². The second-order valence-corrected chi connectivity index (χ2v) is 9.94. The summed E-state index contributed by atoms with van der Waals surface area (Å²) in [7, 11) is 0. The Bertz CT molecular complexity index is 1400. The number of aryl methyl sites for hydroxylation is 1. The highest BCUT2D eigenvalue weighted by Crippen LogP contribution is 2.23. The van der Waals surface area contributed by atoms with Crippen LogP contribution in [0.4, 0.5) is 0 Å². The Kier molecular flexibility index (Phi) is 6.47. The van der Waals surface area contributed by atoms with Crippen molar-refractivity contribution in [2.24, 2.45) is 5.10 Å². The minimum absolute atomic E-state index is 0.208. The molecule has 1 heterocycles. The fraction of sp³-hybridized carbons (Fsp3) is 0.222. The van der Waals surface area contributed by atoms with Gasteiger partial charge in [0.2, 0.25) is 0 Å². The highest BCUT2D eigenvalue weighted by atomic mass is 79.9. The van der Waals surface area contributed by atoms with E-state index in [0.29, 0.717) is 29.1 Å². The van der Waals surface area contributed by atoms with Crippen molar-refractivity contribution in [1.82, 2.24) is 9.66 Å². The molecule has 3 aromatic carbocycles. The van der Waals surface area contributed by atoms with E-state index in [1.54, 1.807) is 12.3 Å². The van der Waals surface area contributed by atoms with Gasteiger partial charge in [0.05, 0.1) is 17.1 Å². The zero-order valence-corrected chi connectivity index (χ0v) is 20.8. The fourth-order valence-corrected chi connectivity index (χ4v) is 3.90. The highest BCUT2D eigenvalue weighted by Gasteiger charge is 2.23. The van der Waals surface area contributed by atoms with Gasteiger partial charge in [-0.3, -0.25) is 4.79 Å². The number of benzene rings is 3. The molecule has 33 heavy (non-hydrogen) atoms. The van der Waals surface area contributed by atoms with E-state index in [4.69, 9.17) is 9.72 Å². The Labute approximate surface area is 201 Å². The molecule has 0 unspecified atom stereocenters. The molecule has 1 aromatic heterocycles. The van der Waals surface area contributed by atoms with Crippen LogP contribution in [0.15, 0.2) is 81.1 Å². The number of hydrogen-bond acceptors (Lipinski definition) is 4. The molecule has 5 nitrogen and oxygen atoms in total. The summed E-state index contributed by atoms with van der Waals surface area (Å²) in [5, 5.41) is 5.09. The van der Waals surface area contributed by atoms with Crippen molar-refractivity contribution in [3.63, 3.8) is 0 Å². The number of para-hydroxylation sites is 1. The van der Waals surface area contributed by atoms with Crippen LogP contribution in [0, 0.1) is 6.92 Å². The van der Waals surface area contributed by atoms with Crippen molar-refractivity contribution < 1.29 is 4.74 Å². The van der Waals surface area contributed by atoms with Gasteiger partial charge in [-0.1, -0.05) is 78.7 Å². The van der Waals surface area contributed by atoms with Crippen LogP contribution in [0.1, 0.15) is 43.3 Å². The number of hydrogen-bond donors (Lipinski definition) is 0. The maximum atomic E-state index is 13.4. The summed E-state index contributed by atoms with van der Waals surface area (Å²) in [5.74, 6) is 1.29. The first-order valence-electron chi connectivity index (χ1n) is 10.8. The summed E-state index contributed by atoms with van der Waals surface area (Å²) in [6, 6.07) is 21.4. The van der Waals surface area contributed by atoms with E-state index in [1.807, 2.05) is 69.3 Å². The third kappa shape index (κ3) is 5.22. The van der Waals surface area contributed by atoms with Gasteiger partial charge in [0.1, 0.15) is 18.2 Å². The first kappa shape index (κ1) is 22.9. The molecule has 0 aliphatic carbocycles. The van der Waals surface area contributed by atoms with Crippen molar-refractivity contribution in [2.75, 3.05) is 0 Å². The van der Waals surface area contributed by atoms with E-state index in [0.717, 1.165) is 15.6 Å². The summed E-state index contributed by atoms with van der Waals surface area (Å²) in [5.41, 5.74) is 3.14. The summed E-state index contributed by atoms with van der Waals surface area (Å²) < 4.78 is 8.30. The van der Waals surface area contributed by atoms with Gasteiger partial charge in [0.15, 0.2) is 0 Å². The highest BCUT2D eigenvalue weighted by molar-refractivity contribution is 9.10. The molecule has 4 rings (SSSR count). The Morgan fingerprint density at radius 2 is 1.85 bits per heavy atom. The Hall–Kier alpha value is -3.25. The molecule has 4 aromatic rings. The number of nitrogens with zero attached hydrogens (tertiary/aromatic N) is 3. The van der Waals surface area contributed by atoms with Crippen molar-refractivity contribution in [1.29, 1.82) is 0 Å². The monoisotopic (exact) mass is 503 g/mol. The molecule has 0 saturated heterocycles. The average molecular weight is 504 g/mol. The molecule has 0 aliphatic heterocycles. The lowest BCUT2D eigenvalue weighted by atomic mass is 9.95. The number of halogens is 1. The van der Waals surface area contributed by atoms with E-state index < -0.39 is 0 Å². The SMILES string of the molecule is Cc1cccc(COc2ccccc2C=Nn2c(C(C)(C)C)nc3ccc(Br)cc3c2=O)c1. The molecular formula is C27H26BrN3O2. The molecule has 168 valence electrons. The summed E-state index contributed by atoms with van der Waals surface area (Å²) >= 11 is 3.44. The van der Waals surface area contributed by atoms with Crippen LogP contribution in [0.2, 0.25) is 0 Å². The number of fused-ring (bicyclic) bond motifs is 1. The Morgan fingerprint density at radius 1 is 1.06 bits per heavy atom. The number of aromatic nitrogens is 2. The van der Waals surface area contributed by atoms with Gasteiger partial charge in [-0.15, -0.1) is 0 Å². The second-order valence-electron chi connectivity index (χ2n) is 9.02. The minimum atomic E-state index is -0.376. The van der Waals surface area contributed by atoms with E-state index in [1.165, 1.54) is 10.2 Å². The zero-order chi connectivity index (χ0) is 23.6. The van der Waals surface area contributed by atoms with Gasteiger partial charge in [-0.2, -0.15) is 9.78 Å². The molecule has 0 fully saturated rings. The van der Waals surface area contributed by atoms with Crippen LogP contribution in [0.5, 0.6) is 5.75 Å². The maximum absolute atomic E-state index is 13.4. The van der Waals surface area contributed by atoms with Gasteiger partial charge in [-0.05, 0) is 42.8 Å². The summed E-state index contributed by atoms with van der Waals surface area (Å²) in [6.45, 7) is 8.56. The predicted octanol–water partition coefficient (Wildman–Crippen LogP) is 6.23. The molecule has 0 N–H and O–H groups in total. The molecule has 0 bridgehead atoms. The van der Waals surface area contributed by atoms with Gasteiger partial charge in [0, 0.05) is 15.5 Å². The molecule has 6 heteroatoms. The van der Waals surface area contributed by atoms with E-state index in [2.05, 4.69) is 40.1 Å². The number of ether oxygens (including phenoxy) is 1. The predicted molar refractivity (Wildman–Crippen MR) is 137 cm³/mol. The molecule has 0 spiro atoms. The van der Waals surface area contributed by atoms with Crippen LogP contribution in [0.25, 0.3) is 10.9 Å². The van der Waals surface area contributed by atoms with Gasteiger partial charge >= 0.3 is 0 Å². The van der Waals surface area contributed by atoms with Crippen molar-refractivity contribution in [2.45, 2.75) is 39.7 Å². The molecule has 0 atom stereocenters. The quantitative estimate of drug-likeness (QED) is 0.303. The largest absolute Gasteiger partial charge is 0.488 e. The molecule has 0 saturated carbocycles. The van der Waals surface area contributed by atoms with Crippen molar-refractivity contribution in [3.8, 4) is 5.75 Å². The first-order valence-corrected chi connectivity index (χ1v) is 11.6. The van der Waals surface area contributed by atoms with Gasteiger partial charge in [-0.25, -0.2) is 4.98 Å². The molecule has 0 amide bonds. The first-order chi connectivity index (χ1) is 15.7. The summed E-state index contributed by atoms with van der Waals surface area (Å²) in [4.78, 5) is 18.1.